The summed E-state index contributed by atoms with van der Waals surface area (Å²) < 4.78 is 1.00. The molecule has 144 valence electrons. The van der Waals surface area contributed by atoms with Crippen LogP contribution in [0, 0.1) is 0 Å². The molecule has 0 aliphatic rings. The highest BCUT2D eigenvalue weighted by Gasteiger charge is 2.09. The number of aromatic nitrogens is 2. The summed E-state index contributed by atoms with van der Waals surface area (Å²) in [6, 6.07) is 20.6. The summed E-state index contributed by atoms with van der Waals surface area (Å²) in [6.45, 7) is 0. The Morgan fingerprint density at radius 1 is 0.966 bits per heavy atom. The maximum atomic E-state index is 12.4. The van der Waals surface area contributed by atoms with Gasteiger partial charge in [-0.1, -0.05) is 39.7 Å². The van der Waals surface area contributed by atoms with Crippen LogP contribution < -0.4 is 10.6 Å². The van der Waals surface area contributed by atoms with E-state index in [0.717, 1.165) is 26.6 Å². The minimum absolute atomic E-state index is 0.120. The zero-order chi connectivity index (χ0) is 20.2. The molecule has 0 spiro atoms. The first-order valence-electron chi connectivity index (χ1n) is 8.88. The van der Waals surface area contributed by atoms with Crippen LogP contribution >= 0.6 is 27.5 Å². The first-order valence-corrected chi connectivity index (χ1v) is 10.1. The summed E-state index contributed by atoms with van der Waals surface area (Å²) in [4.78, 5) is 21.1. The van der Waals surface area contributed by atoms with E-state index in [2.05, 4.69) is 36.5 Å². The van der Waals surface area contributed by atoms with Gasteiger partial charge < -0.3 is 10.6 Å². The lowest BCUT2D eigenvalue weighted by molar-refractivity contribution is -0.115. The third kappa shape index (κ3) is 4.91. The van der Waals surface area contributed by atoms with Gasteiger partial charge in [-0.2, -0.15) is 0 Å². The van der Waals surface area contributed by atoms with E-state index < -0.39 is 0 Å². The normalized spacial score (nSPS) is 10.7. The first kappa shape index (κ1) is 19.4. The Kier molecular flexibility index (Phi) is 5.74. The fourth-order valence-corrected chi connectivity index (χ4v) is 3.42. The van der Waals surface area contributed by atoms with Gasteiger partial charge >= 0.3 is 0 Å². The number of nitrogens with zero attached hydrogens (tertiary/aromatic N) is 2. The van der Waals surface area contributed by atoms with Crippen molar-refractivity contribution in [1.29, 1.82) is 0 Å². The van der Waals surface area contributed by atoms with Gasteiger partial charge in [0.1, 0.15) is 12.1 Å². The predicted octanol–water partition coefficient (Wildman–Crippen LogP) is 5.97. The molecule has 0 atom stereocenters. The zero-order valence-corrected chi connectivity index (χ0v) is 17.5. The number of carbonyl (C=O) groups excluding carboxylic acids is 1. The van der Waals surface area contributed by atoms with Gasteiger partial charge in [0.05, 0.1) is 11.9 Å². The SMILES string of the molecule is O=C(Cc1cccc(Cl)c1)Nc1ccc2ncnc(Nc3ccc(Br)cc3)c2c1. The number of hydrogen-bond acceptors (Lipinski definition) is 4. The van der Waals surface area contributed by atoms with E-state index in [9.17, 15) is 4.79 Å². The van der Waals surface area contributed by atoms with Crippen LogP contribution in [0.15, 0.2) is 77.5 Å². The molecule has 5 nitrogen and oxygen atoms in total. The van der Waals surface area contributed by atoms with Gasteiger partial charge in [0.15, 0.2) is 0 Å². The van der Waals surface area contributed by atoms with Crippen molar-refractivity contribution in [3.63, 3.8) is 0 Å². The third-order valence-corrected chi connectivity index (χ3v) is 5.04. The number of carbonyl (C=O) groups is 1. The van der Waals surface area contributed by atoms with E-state index in [1.54, 1.807) is 12.1 Å². The van der Waals surface area contributed by atoms with Gasteiger partial charge in [0, 0.05) is 26.3 Å². The van der Waals surface area contributed by atoms with E-state index in [-0.39, 0.29) is 12.3 Å². The lowest BCUT2D eigenvalue weighted by Crippen LogP contribution is -2.14. The molecule has 1 amide bonds. The molecule has 2 N–H and O–H groups in total. The summed E-state index contributed by atoms with van der Waals surface area (Å²) in [5.74, 6) is 0.550. The summed E-state index contributed by atoms with van der Waals surface area (Å²) in [7, 11) is 0. The van der Waals surface area contributed by atoms with Crippen molar-refractivity contribution in [1.82, 2.24) is 9.97 Å². The van der Waals surface area contributed by atoms with Crippen molar-refractivity contribution in [2.75, 3.05) is 10.6 Å². The molecule has 3 aromatic carbocycles. The molecule has 1 aromatic heterocycles. The molecule has 7 heteroatoms. The Morgan fingerprint density at radius 3 is 2.55 bits per heavy atom. The Balaban J connectivity index is 1.56. The third-order valence-electron chi connectivity index (χ3n) is 4.28. The van der Waals surface area contributed by atoms with Gasteiger partial charge in [-0.25, -0.2) is 9.97 Å². The molecule has 0 saturated heterocycles. The molecule has 1 heterocycles. The number of halogens is 2. The Hall–Kier alpha value is -2.96. The molecule has 0 aliphatic heterocycles. The van der Waals surface area contributed by atoms with Crippen LogP contribution in [0.4, 0.5) is 17.2 Å². The van der Waals surface area contributed by atoms with Crippen molar-refractivity contribution < 1.29 is 4.79 Å². The number of nitrogens with one attached hydrogen (secondary N) is 2. The fraction of sp³-hybridized carbons (Fsp3) is 0.0455. The van der Waals surface area contributed by atoms with Crippen LogP contribution in [0.5, 0.6) is 0 Å². The lowest BCUT2D eigenvalue weighted by Gasteiger charge is -2.11. The number of rotatable bonds is 5. The maximum Gasteiger partial charge on any atom is 0.228 e. The number of anilines is 3. The molecule has 0 radical (unpaired) electrons. The number of fused-ring (bicyclic) bond motifs is 1. The van der Waals surface area contributed by atoms with Crippen LogP contribution in [0.1, 0.15) is 5.56 Å². The fourth-order valence-electron chi connectivity index (χ4n) is 2.94. The lowest BCUT2D eigenvalue weighted by atomic mass is 10.1. The second kappa shape index (κ2) is 8.59. The minimum Gasteiger partial charge on any atom is -0.340 e. The van der Waals surface area contributed by atoms with Gasteiger partial charge in [-0.3, -0.25) is 4.79 Å². The molecular weight excluding hydrogens is 452 g/mol. The smallest absolute Gasteiger partial charge is 0.228 e. The average Bonchev–Trinajstić information content (AvgIpc) is 2.70. The molecule has 0 fully saturated rings. The molecule has 29 heavy (non-hydrogen) atoms. The first-order chi connectivity index (χ1) is 14.1. The van der Waals surface area contributed by atoms with Crippen LogP contribution in [-0.4, -0.2) is 15.9 Å². The van der Waals surface area contributed by atoms with Gasteiger partial charge in [-0.05, 0) is 60.2 Å². The van der Waals surface area contributed by atoms with Crippen molar-refractivity contribution in [2.45, 2.75) is 6.42 Å². The maximum absolute atomic E-state index is 12.4. The highest BCUT2D eigenvalue weighted by molar-refractivity contribution is 9.10. The van der Waals surface area contributed by atoms with Crippen LogP contribution in [0.2, 0.25) is 5.02 Å². The summed E-state index contributed by atoms with van der Waals surface area (Å²) in [5, 5.41) is 7.66. The molecule has 4 aromatic rings. The molecule has 0 unspecified atom stereocenters. The van der Waals surface area contributed by atoms with Gasteiger partial charge in [0.25, 0.3) is 0 Å². The van der Waals surface area contributed by atoms with E-state index in [1.165, 1.54) is 6.33 Å². The van der Waals surface area contributed by atoms with Crippen molar-refractivity contribution in [3.8, 4) is 0 Å². The van der Waals surface area contributed by atoms with Crippen LogP contribution in [0.3, 0.4) is 0 Å². The highest BCUT2D eigenvalue weighted by atomic mass is 79.9. The average molecular weight is 468 g/mol. The quantitative estimate of drug-likeness (QED) is 0.379. The highest BCUT2D eigenvalue weighted by Crippen LogP contribution is 2.26. The molecule has 0 saturated carbocycles. The standard InChI is InChI=1S/C22H16BrClN4O/c23-15-4-6-17(7-5-15)28-22-19-12-18(8-9-20(19)25-13-26-22)27-21(29)11-14-2-1-3-16(24)10-14/h1-10,12-13H,11H2,(H,27,29)(H,25,26,28). The Bertz CT molecular complexity index is 1180. The van der Waals surface area contributed by atoms with E-state index in [0.29, 0.717) is 16.5 Å². The second-order valence-corrected chi connectivity index (χ2v) is 7.79. The molecule has 4 rings (SSSR count). The predicted molar refractivity (Wildman–Crippen MR) is 121 cm³/mol. The van der Waals surface area contributed by atoms with Crippen LogP contribution in [-0.2, 0) is 11.2 Å². The van der Waals surface area contributed by atoms with Crippen LogP contribution in [0.25, 0.3) is 10.9 Å². The largest absolute Gasteiger partial charge is 0.340 e. The van der Waals surface area contributed by atoms with E-state index in [1.807, 2.05) is 54.6 Å². The van der Waals surface area contributed by atoms with Crippen molar-refractivity contribution in [3.05, 3.63) is 88.1 Å². The Labute approximate surface area is 181 Å². The van der Waals surface area contributed by atoms with Gasteiger partial charge in [-0.15, -0.1) is 0 Å². The zero-order valence-electron chi connectivity index (χ0n) is 15.2. The summed E-state index contributed by atoms with van der Waals surface area (Å²) in [6.07, 6.45) is 1.76. The molecule has 0 bridgehead atoms. The number of hydrogen-bond donors (Lipinski definition) is 2. The monoisotopic (exact) mass is 466 g/mol. The minimum atomic E-state index is -0.120. The van der Waals surface area contributed by atoms with Crippen molar-refractivity contribution >= 4 is 61.5 Å². The summed E-state index contributed by atoms with van der Waals surface area (Å²) >= 11 is 9.42. The molecule has 0 aliphatic carbocycles. The second-order valence-electron chi connectivity index (χ2n) is 6.44. The number of benzene rings is 3. The van der Waals surface area contributed by atoms with E-state index in [4.69, 9.17) is 11.6 Å². The Morgan fingerprint density at radius 2 is 1.76 bits per heavy atom. The van der Waals surface area contributed by atoms with E-state index >= 15 is 0 Å². The number of amides is 1. The summed E-state index contributed by atoms with van der Waals surface area (Å²) in [5.41, 5.74) is 3.23. The molecular formula is C22H16BrClN4O. The van der Waals surface area contributed by atoms with Crippen molar-refractivity contribution in [2.24, 2.45) is 0 Å². The topological polar surface area (TPSA) is 66.9 Å². The van der Waals surface area contributed by atoms with Gasteiger partial charge in [0.2, 0.25) is 5.91 Å².